The van der Waals surface area contributed by atoms with E-state index in [4.69, 9.17) is 46.4 Å². The van der Waals surface area contributed by atoms with Gasteiger partial charge < -0.3 is 15.3 Å². The topological polar surface area (TPSA) is 60.7 Å². The van der Waals surface area contributed by atoms with Gasteiger partial charge in [0.05, 0.1) is 0 Å². The predicted molar refractivity (Wildman–Crippen MR) is 73.8 cm³/mol. The third kappa shape index (κ3) is 3.56. The molecule has 0 amide bonds. The van der Waals surface area contributed by atoms with Crippen LogP contribution >= 0.6 is 46.4 Å². The minimum absolute atomic E-state index is 0.119. The first-order valence-corrected chi connectivity index (χ1v) is 6.76. The highest BCUT2D eigenvalue weighted by Crippen LogP contribution is 2.38. The van der Waals surface area contributed by atoms with E-state index < -0.39 is 21.9 Å². The molecule has 0 saturated carbocycles. The number of phenols is 1. The maximum absolute atomic E-state index is 10.00. The Hall–Kier alpha value is 0.1000. The van der Waals surface area contributed by atoms with E-state index in [2.05, 4.69) is 0 Å². The molecule has 1 aromatic rings. The van der Waals surface area contributed by atoms with Crippen LogP contribution in [0.25, 0.3) is 0 Å². The zero-order valence-corrected chi connectivity index (χ0v) is 12.3. The molecule has 0 saturated heterocycles. The molecule has 1 aromatic carbocycles. The average Bonchev–Trinajstić information content (AvgIpc) is 2.29. The number of rotatable bonds is 4. The van der Waals surface area contributed by atoms with Gasteiger partial charge >= 0.3 is 0 Å². The monoisotopic (exact) mass is 332 g/mol. The van der Waals surface area contributed by atoms with E-state index in [0.717, 1.165) is 0 Å². The molecule has 0 spiro atoms. The molecule has 0 aliphatic heterocycles. The number of aliphatic hydroxyl groups is 2. The molecule has 0 radical (unpaired) electrons. The van der Waals surface area contributed by atoms with Gasteiger partial charge in [-0.3, -0.25) is 0 Å². The lowest BCUT2D eigenvalue weighted by Gasteiger charge is -2.20. The van der Waals surface area contributed by atoms with Crippen LogP contribution in [0.15, 0.2) is 12.1 Å². The average molecular weight is 334 g/mol. The molecule has 18 heavy (non-hydrogen) atoms. The molecule has 102 valence electrons. The summed E-state index contributed by atoms with van der Waals surface area (Å²) in [5, 5.41) is 29.6. The van der Waals surface area contributed by atoms with E-state index in [1.807, 2.05) is 0 Å². The van der Waals surface area contributed by atoms with Crippen molar-refractivity contribution < 1.29 is 15.3 Å². The third-order valence-corrected chi connectivity index (χ3v) is 3.38. The fourth-order valence-corrected chi connectivity index (χ4v) is 2.10. The van der Waals surface area contributed by atoms with Gasteiger partial charge in [0.15, 0.2) is 0 Å². The molecule has 0 heterocycles. The largest absolute Gasteiger partial charge is 0.507 e. The number of phenolic OH excluding ortho intramolecular Hbond substituents is 1. The third-order valence-electron chi connectivity index (χ3n) is 2.43. The molecule has 0 aliphatic carbocycles. The molecule has 0 aliphatic rings. The standard InChI is InChI=1S/C11H12Cl4O3/c1-4-2-5(8(17)10(12)13)7(16)6(3-4)9(18)11(14)15/h2-3,8-11,16-18H,1H3. The quantitative estimate of drug-likeness (QED) is 0.740. The van der Waals surface area contributed by atoms with Crippen LogP contribution in [0.5, 0.6) is 5.75 Å². The van der Waals surface area contributed by atoms with Crippen molar-refractivity contribution >= 4 is 46.4 Å². The lowest BCUT2D eigenvalue weighted by atomic mass is 9.98. The Labute approximate surface area is 125 Å². The summed E-state index contributed by atoms with van der Waals surface area (Å²) in [5.41, 5.74) is 0.930. The van der Waals surface area contributed by atoms with E-state index in [9.17, 15) is 15.3 Å². The molecule has 7 heteroatoms. The van der Waals surface area contributed by atoms with Crippen molar-refractivity contribution in [2.45, 2.75) is 28.8 Å². The zero-order valence-electron chi connectivity index (χ0n) is 9.32. The van der Waals surface area contributed by atoms with Gasteiger partial charge in [-0.15, -0.1) is 46.4 Å². The van der Waals surface area contributed by atoms with Crippen LogP contribution in [-0.4, -0.2) is 25.0 Å². The van der Waals surface area contributed by atoms with Crippen LogP contribution in [0.3, 0.4) is 0 Å². The fourth-order valence-electron chi connectivity index (χ4n) is 1.56. The van der Waals surface area contributed by atoms with E-state index in [1.54, 1.807) is 6.92 Å². The van der Waals surface area contributed by atoms with Gasteiger partial charge in [-0.05, 0) is 19.1 Å². The van der Waals surface area contributed by atoms with Crippen molar-refractivity contribution in [1.82, 2.24) is 0 Å². The number of aryl methyl sites for hydroxylation is 1. The summed E-state index contributed by atoms with van der Waals surface area (Å²) in [7, 11) is 0. The Kier molecular flexibility index (Phi) is 5.84. The highest BCUT2D eigenvalue weighted by atomic mass is 35.5. The Morgan fingerprint density at radius 3 is 1.50 bits per heavy atom. The van der Waals surface area contributed by atoms with Gasteiger partial charge in [-0.1, -0.05) is 5.56 Å². The van der Waals surface area contributed by atoms with Gasteiger partial charge in [0.2, 0.25) is 0 Å². The summed E-state index contributed by atoms with van der Waals surface area (Å²) in [5.74, 6) is -0.321. The van der Waals surface area contributed by atoms with Crippen LogP contribution in [0.2, 0.25) is 0 Å². The fraction of sp³-hybridized carbons (Fsp3) is 0.455. The molecule has 2 atom stereocenters. The number of hydrogen-bond donors (Lipinski definition) is 3. The maximum atomic E-state index is 10.00. The summed E-state index contributed by atoms with van der Waals surface area (Å²) in [4.78, 5) is -2.21. The van der Waals surface area contributed by atoms with Crippen molar-refractivity contribution in [3.05, 3.63) is 28.8 Å². The van der Waals surface area contributed by atoms with Crippen molar-refractivity contribution in [2.75, 3.05) is 0 Å². The van der Waals surface area contributed by atoms with E-state index in [1.165, 1.54) is 12.1 Å². The molecule has 3 nitrogen and oxygen atoms in total. The molecular weight excluding hydrogens is 322 g/mol. The maximum Gasteiger partial charge on any atom is 0.137 e. The Bertz CT molecular complexity index is 388. The summed E-state index contributed by atoms with van der Waals surface area (Å²) in [6.45, 7) is 1.72. The van der Waals surface area contributed by atoms with Crippen LogP contribution in [0.1, 0.15) is 28.9 Å². The number of aromatic hydroxyl groups is 1. The zero-order chi connectivity index (χ0) is 14.0. The number of benzene rings is 1. The smallest absolute Gasteiger partial charge is 0.137 e. The van der Waals surface area contributed by atoms with Gasteiger partial charge in [0.1, 0.15) is 27.6 Å². The highest BCUT2D eigenvalue weighted by Gasteiger charge is 2.26. The minimum Gasteiger partial charge on any atom is -0.507 e. The van der Waals surface area contributed by atoms with Gasteiger partial charge in [0.25, 0.3) is 0 Å². The van der Waals surface area contributed by atoms with Crippen molar-refractivity contribution in [3.8, 4) is 5.75 Å². The summed E-state index contributed by atoms with van der Waals surface area (Å²) in [6, 6.07) is 3.04. The van der Waals surface area contributed by atoms with Gasteiger partial charge in [0, 0.05) is 11.1 Å². The van der Waals surface area contributed by atoms with Crippen LogP contribution in [-0.2, 0) is 0 Å². The van der Waals surface area contributed by atoms with E-state index >= 15 is 0 Å². The SMILES string of the molecule is Cc1cc(C(O)C(Cl)Cl)c(O)c(C(O)C(Cl)Cl)c1. The first-order chi connectivity index (χ1) is 8.25. The second kappa shape index (κ2) is 6.51. The lowest BCUT2D eigenvalue weighted by Crippen LogP contribution is -2.11. The molecule has 0 aromatic heterocycles. The second-order valence-electron chi connectivity index (χ2n) is 3.85. The summed E-state index contributed by atoms with van der Waals surface area (Å²) in [6.07, 6.45) is -2.55. The number of aliphatic hydroxyl groups excluding tert-OH is 2. The van der Waals surface area contributed by atoms with Crippen LogP contribution in [0.4, 0.5) is 0 Å². The van der Waals surface area contributed by atoms with E-state index in [0.29, 0.717) is 5.56 Å². The molecule has 0 fully saturated rings. The van der Waals surface area contributed by atoms with Gasteiger partial charge in [-0.2, -0.15) is 0 Å². The highest BCUT2D eigenvalue weighted by molar-refractivity contribution is 6.45. The molecule has 3 N–H and O–H groups in total. The van der Waals surface area contributed by atoms with Crippen molar-refractivity contribution in [1.29, 1.82) is 0 Å². The van der Waals surface area contributed by atoms with E-state index in [-0.39, 0.29) is 16.9 Å². The predicted octanol–water partition coefficient (Wildman–Crippen LogP) is 3.37. The first kappa shape index (κ1) is 16.2. The summed E-state index contributed by atoms with van der Waals surface area (Å²) >= 11 is 22.3. The lowest BCUT2D eigenvalue weighted by molar-refractivity contribution is 0.178. The number of halogens is 4. The normalized spacial score (nSPS) is 15.2. The molecule has 2 unspecified atom stereocenters. The van der Waals surface area contributed by atoms with Gasteiger partial charge in [-0.25, -0.2) is 0 Å². The van der Waals surface area contributed by atoms with Crippen LogP contribution in [0, 0.1) is 6.92 Å². The Balaban J connectivity index is 3.30. The first-order valence-electron chi connectivity index (χ1n) is 5.01. The molecular formula is C11H12Cl4O3. The van der Waals surface area contributed by atoms with Crippen molar-refractivity contribution in [2.24, 2.45) is 0 Å². The Morgan fingerprint density at radius 2 is 1.22 bits per heavy atom. The van der Waals surface area contributed by atoms with Crippen molar-refractivity contribution in [3.63, 3.8) is 0 Å². The second-order valence-corrected chi connectivity index (χ2v) is 6.18. The number of alkyl halides is 4. The molecule has 1 rings (SSSR count). The number of hydrogen-bond acceptors (Lipinski definition) is 3. The Morgan fingerprint density at radius 1 is 0.889 bits per heavy atom. The summed E-state index contributed by atoms with van der Waals surface area (Å²) < 4.78 is 0. The van der Waals surface area contributed by atoms with Crippen LogP contribution < -0.4 is 0 Å². The minimum atomic E-state index is -1.27. The molecule has 0 bridgehead atoms.